The summed E-state index contributed by atoms with van der Waals surface area (Å²) in [4.78, 5) is 4.41. The van der Waals surface area contributed by atoms with Crippen LogP contribution in [0.4, 0.5) is 17.2 Å². The molecule has 0 saturated carbocycles. The first-order chi connectivity index (χ1) is 11.5. The topological polar surface area (TPSA) is 71.1 Å². The third kappa shape index (κ3) is 3.72. The Kier molecular flexibility index (Phi) is 4.48. The van der Waals surface area contributed by atoms with Crippen molar-refractivity contribution < 1.29 is 8.42 Å². The van der Waals surface area contributed by atoms with Gasteiger partial charge in [-0.1, -0.05) is 36.4 Å². The van der Waals surface area contributed by atoms with Crippen molar-refractivity contribution in [2.45, 2.75) is 11.8 Å². The average molecular weight is 339 g/mol. The van der Waals surface area contributed by atoms with Gasteiger partial charge in [-0.25, -0.2) is 13.4 Å². The zero-order chi connectivity index (χ0) is 17.0. The number of benzene rings is 2. The molecule has 0 atom stereocenters. The predicted molar refractivity (Wildman–Crippen MR) is 95.9 cm³/mol. The minimum Gasteiger partial charge on any atom is -0.354 e. The largest absolute Gasteiger partial charge is 0.354 e. The van der Waals surface area contributed by atoms with Gasteiger partial charge in [0, 0.05) is 5.69 Å². The number of nitrogens with one attached hydrogen (secondary N) is 2. The molecule has 1 heterocycles. The molecule has 24 heavy (non-hydrogen) atoms. The average Bonchev–Trinajstić information content (AvgIpc) is 2.58. The summed E-state index contributed by atoms with van der Waals surface area (Å²) in [5, 5.41) is 3.20. The molecule has 3 aromatic rings. The highest BCUT2D eigenvalue weighted by Crippen LogP contribution is 2.20. The van der Waals surface area contributed by atoms with Crippen molar-refractivity contribution >= 4 is 27.2 Å². The molecule has 0 aliphatic rings. The Hall–Kier alpha value is -2.86. The molecule has 122 valence electrons. The maximum atomic E-state index is 12.4. The Labute approximate surface area is 141 Å². The highest BCUT2D eigenvalue weighted by molar-refractivity contribution is 7.92. The lowest BCUT2D eigenvalue weighted by Gasteiger charge is -2.10. The number of aromatic nitrogens is 1. The smallest absolute Gasteiger partial charge is 0.263 e. The number of aryl methyl sites for hydroxylation is 1. The minimum atomic E-state index is -3.65. The molecule has 0 bridgehead atoms. The third-order valence-electron chi connectivity index (χ3n) is 3.45. The van der Waals surface area contributed by atoms with Crippen LogP contribution in [0.15, 0.2) is 77.8 Å². The maximum absolute atomic E-state index is 12.4. The van der Waals surface area contributed by atoms with E-state index in [-0.39, 0.29) is 10.7 Å². The van der Waals surface area contributed by atoms with Gasteiger partial charge in [-0.3, -0.25) is 4.72 Å². The van der Waals surface area contributed by atoms with Crippen LogP contribution < -0.4 is 10.0 Å². The number of para-hydroxylation sites is 1. The Morgan fingerprint density at radius 3 is 2.21 bits per heavy atom. The van der Waals surface area contributed by atoms with Crippen LogP contribution in [-0.4, -0.2) is 13.4 Å². The molecule has 0 unspecified atom stereocenters. The lowest BCUT2D eigenvalue weighted by molar-refractivity contribution is 0.600. The molecule has 0 spiro atoms. The molecule has 6 heteroatoms. The number of hydrogen-bond acceptors (Lipinski definition) is 4. The van der Waals surface area contributed by atoms with E-state index < -0.39 is 10.0 Å². The SMILES string of the molecule is Cc1ccccc1S(=O)(=O)Nc1ccc(Nc2ccccc2)cn1. The van der Waals surface area contributed by atoms with Gasteiger partial charge in [-0.05, 0) is 42.8 Å². The number of nitrogens with zero attached hydrogens (tertiary/aromatic N) is 1. The second kappa shape index (κ2) is 6.72. The van der Waals surface area contributed by atoms with E-state index in [4.69, 9.17) is 0 Å². The summed E-state index contributed by atoms with van der Waals surface area (Å²) in [7, 11) is -3.65. The van der Waals surface area contributed by atoms with Gasteiger partial charge in [0.15, 0.2) is 0 Å². The van der Waals surface area contributed by atoms with Crippen LogP contribution in [0.2, 0.25) is 0 Å². The quantitative estimate of drug-likeness (QED) is 0.739. The summed E-state index contributed by atoms with van der Waals surface area (Å²) in [5.41, 5.74) is 2.40. The Morgan fingerprint density at radius 2 is 1.54 bits per heavy atom. The van der Waals surface area contributed by atoms with Crippen molar-refractivity contribution in [2.24, 2.45) is 0 Å². The van der Waals surface area contributed by atoms with E-state index in [0.717, 1.165) is 11.4 Å². The summed E-state index contributed by atoms with van der Waals surface area (Å²) >= 11 is 0. The van der Waals surface area contributed by atoms with Crippen molar-refractivity contribution in [3.05, 3.63) is 78.5 Å². The molecule has 0 fully saturated rings. The van der Waals surface area contributed by atoms with Gasteiger partial charge in [0.1, 0.15) is 5.82 Å². The molecule has 1 aromatic heterocycles. The number of sulfonamides is 1. The Bertz CT molecular complexity index is 924. The van der Waals surface area contributed by atoms with Crippen molar-refractivity contribution in [3.63, 3.8) is 0 Å². The van der Waals surface area contributed by atoms with Gasteiger partial charge < -0.3 is 5.32 Å². The summed E-state index contributed by atoms with van der Waals surface area (Å²) < 4.78 is 27.4. The number of pyridine rings is 1. The van der Waals surface area contributed by atoms with Gasteiger partial charge in [-0.2, -0.15) is 0 Å². The normalized spacial score (nSPS) is 11.0. The molecule has 0 radical (unpaired) electrons. The molecule has 3 rings (SSSR count). The molecule has 0 amide bonds. The second-order valence-electron chi connectivity index (χ2n) is 5.29. The van der Waals surface area contributed by atoms with E-state index in [1.54, 1.807) is 49.5 Å². The Balaban J connectivity index is 1.76. The fourth-order valence-corrected chi connectivity index (χ4v) is 3.52. The fourth-order valence-electron chi connectivity index (χ4n) is 2.27. The van der Waals surface area contributed by atoms with Crippen LogP contribution in [0.1, 0.15) is 5.56 Å². The van der Waals surface area contributed by atoms with Crippen LogP contribution in [0.3, 0.4) is 0 Å². The van der Waals surface area contributed by atoms with Crippen molar-refractivity contribution in [2.75, 3.05) is 10.0 Å². The van der Waals surface area contributed by atoms with E-state index >= 15 is 0 Å². The maximum Gasteiger partial charge on any atom is 0.263 e. The summed E-state index contributed by atoms with van der Waals surface area (Å²) in [5.74, 6) is 0.275. The van der Waals surface area contributed by atoms with Crippen LogP contribution in [-0.2, 0) is 10.0 Å². The second-order valence-corrected chi connectivity index (χ2v) is 6.94. The number of anilines is 3. The molecule has 0 aliphatic carbocycles. The standard InChI is InChI=1S/C18H17N3O2S/c1-14-7-5-6-10-17(14)24(22,23)21-18-12-11-16(13-19-18)20-15-8-3-2-4-9-15/h2-13,20H,1H3,(H,19,21). The molecule has 0 aliphatic heterocycles. The summed E-state index contributed by atoms with van der Waals surface area (Å²) in [6, 6.07) is 19.9. The van der Waals surface area contributed by atoms with E-state index in [1.807, 2.05) is 30.3 Å². The Morgan fingerprint density at radius 1 is 0.833 bits per heavy atom. The summed E-state index contributed by atoms with van der Waals surface area (Å²) in [6.45, 7) is 1.76. The van der Waals surface area contributed by atoms with Crippen LogP contribution in [0, 0.1) is 6.92 Å². The first-order valence-corrected chi connectivity index (χ1v) is 8.89. The first-order valence-electron chi connectivity index (χ1n) is 7.41. The highest BCUT2D eigenvalue weighted by Gasteiger charge is 2.16. The van der Waals surface area contributed by atoms with E-state index in [9.17, 15) is 8.42 Å². The monoisotopic (exact) mass is 339 g/mol. The van der Waals surface area contributed by atoms with E-state index in [1.165, 1.54) is 0 Å². The molecular weight excluding hydrogens is 322 g/mol. The molecule has 2 aromatic carbocycles. The van der Waals surface area contributed by atoms with Crippen LogP contribution in [0.25, 0.3) is 0 Å². The number of hydrogen-bond donors (Lipinski definition) is 2. The highest BCUT2D eigenvalue weighted by atomic mass is 32.2. The molecule has 0 saturated heterocycles. The minimum absolute atomic E-state index is 0.248. The van der Waals surface area contributed by atoms with Gasteiger partial charge >= 0.3 is 0 Å². The molecular formula is C18H17N3O2S. The van der Waals surface area contributed by atoms with E-state index in [2.05, 4.69) is 15.0 Å². The van der Waals surface area contributed by atoms with Gasteiger partial charge in [0.25, 0.3) is 10.0 Å². The summed E-state index contributed by atoms with van der Waals surface area (Å²) in [6.07, 6.45) is 1.59. The zero-order valence-corrected chi connectivity index (χ0v) is 13.9. The van der Waals surface area contributed by atoms with Crippen molar-refractivity contribution in [3.8, 4) is 0 Å². The molecule has 2 N–H and O–H groups in total. The van der Waals surface area contributed by atoms with E-state index in [0.29, 0.717) is 5.56 Å². The van der Waals surface area contributed by atoms with Crippen molar-refractivity contribution in [1.82, 2.24) is 4.98 Å². The zero-order valence-electron chi connectivity index (χ0n) is 13.1. The predicted octanol–water partition coefficient (Wildman–Crippen LogP) is 3.93. The van der Waals surface area contributed by atoms with Crippen molar-refractivity contribution in [1.29, 1.82) is 0 Å². The van der Waals surface area contributed by atoms with Gasteiger partial charge in [0.2, 0.25) is 0 Å². The van der Waals surface area contributed by atoms with Crippen LogP contribution in [0.5, 0.6) is 0 Å². The molecule has 5 nitrogen and oxygen atoms in total. The van der Waals surface area contributed by atoms with Gasteiger partial charge in [-0.15, -0.1) is 0 Å². The lowest BCUT2D eigenvalue weighted by atomic mass is 10.2. The van der Waals surface area contributed by atoms with Crippen LogP contribution >= 0.6 is 0 Å². The lowest BCUT2D eigenvalue weighted by Crippen LogP contribution is -2.15. The number of rotatable bonds is 5. The van der Waals surface area contributed by atoms with Gasteiger partial charge in [0.05, 0.1) is 16.8 Å². The first kappa shape index (κ1) is 16.0. The fraction of sp³-hybridized carbons (Fsp3) is 0.0556. The third-order valence-corrected chi connectivity index (χ3v) is 4.96.